The maximum absolute atomic E-state index is 13.4. The van der Waals surface area contributed by atoms with Gasteiger partial charge in [0, 0.05) is 23.0 Å². The van der Waals surface area contributed by atoms with Crippen molar-refractivity contribution in [2.75, 3.05) is 31.3 Å². The van der Waals surface area contributed by atoms with Crippen molar-refractivity contribution in [3.8, 4) is 11.8 Å². The second-order valence-corrected chi connectivity index (χ2v) is 21.8. The van der Waals surface area contributed by atoms with Gasteiger partial charge in [0.2, 0.25) is 0 Å². The minimum atomic E-state index is -2.83. The number of imide groups is 1. The van der Waals surface area contributed by atoms with Crippen LogP contribution in [-0.2, 0) is 30.0 Å². The van der Waals surface area contributed by atoms with Crippen LogP contribution in [0.4, 0.5) is 4.79 Å². The van der Waals surface area contributed by atoms with Crippen molar-refractivity contribution < 1.29 is 28.3 Å². The Kier molecular flexibility index (Phi) is 13.3. The molecule has 8 nitrogen and oxygen atoms in total. The highest BCUT2D eigenvalue weighted by atomic mass is 32.2. The van der Waals surface area contributed by atoms with E-state index in [1.807, 2.05) is 53.9 Å². The number of para-hydroxylation sites is 1. The summed E-state index contributed by atoms with van der Waals surface area (Å²) >= 11 is 3.82. The van der Waals surface area contributed by atoms with E-state index in [2.05, 4.69) is 91.8 Å². The lowest BCUT2D eigenvalue weighted by molar-refractivity contribution is -0.159. The second-order valence-electron chi connectivity index (χ2n) is 14.8. The Labute approximate surface area is 323 Å². The number of rotatable bonds is 9. The number of hydrogen-bond acceptors (Lipinski definition) is 8. The third kappa shape index (κ3) is 9.23. The van der Waals surface area contributed by atoms with Gasteiger partial charge in [-0.05, 0) is 73.0 Å². The van der Waals surface area contributed by atoms with Gasteiger partial charge in [0.25, 0.3) is 8.32 Å². The van der Waals surface area contributed by atoms with Gasteiger partial charge < -0.3 is 18.5 Å². The van der Waals surface area contributed by atoms with Gasteiger partial charge in [0.15, 0.2) is 0 Å². The summed E-state index contributed by atoms with van der Waals surface area (Å²) in [6, 6.07) is 29.1. The summed E-state index contributed by atoms with van der Waals surface area (Å²) < 4.78 is 19.9. The molecule has 0 unspecified atom stereocenters. The summed E-state index contributed by atoms with van der Waals surface area (Å²) in [6.45, 7) is 13.8. The second kappa shape index (κ2) is 17.5. The summed E-state index contributed by atoms with van der Waals surface area (Å²) in [7, 11) is -2.83. The van der Waals surface area contributed by atoms with Crippen LogP contribution < -0.4 is 10.4 Å². The number of hydrogen-bond donors (Lipinski definition) is 0. The quantitative estimate of drug-likeness (QED) is 0.0739. The Morgan fingerprint density at radius 2 is 1.45 bits per heavy atom. The molecule has 0 atom stereocenters. The summed E-state index contributed by atoms with van der Waals surface area (Å²) in [5.74, 6) is 6.87. The number of nitrogens with zero attached hydrogens (tertiary/aromatic N) is 2. The molecule has 1 aromatic heterocycles. The van der Waals surface area contributed by atoms with Crippen molar-refractivity contribution >= 4 is 71.1 Å². The van der Waals surface area contributed by atoms with E-state index in [0.717, 1.165) is 45.0 Å². The summed E-state index contributed by atoms with van der Waals surface area (Å²) in [4.78, 5) is 40.1. The molecule has 2 amide bonds. The predicted octanol–water partition coefficient (Wildman–Crippen LogP) is 7.76. The van der Waals surface area contributed by atoms with E-state index in [-0.39, 0.29) is 35.9 Å². The van der Waals surface area contributed by atoms with Gasteiger partial charge in [-0.25, -0.2) is 14.5 Å². The maximum Gasteiger partial charge on any atom is 0.417 e. The van der Waals surface area contributed by atoms with Crippen molar-refractivity contribution in [1.29, 1.82) is 0 Å². The molecule has 0 bridgehead atoms. The fourth-order valence-corrected chi connectivity index (χ4v) is 14.2. The van der Waals surface area contributed by atoms with E-state index in [9.17, 15) is 14.4 Å². The Morgan fingerprint density at radius 1 is 0.868 bits per heavy atom. The number of carbonyl (C=O) groups excluding carboxylic acids is 3. The van der Waals surface area contributed by atoms with Crippen molar-refractivity contribution in [3.63, 3.8) is 0 Å². The molecule has 3 aromatic carbocycles. The Bertz CT molecular complexity index is 1910. The highest BCUT2D eigenvalue weighted by Gasteiger charge is 2.50. The van der Waals surface area contributed by atoms with Crippen LogP contribution in [0, 0.1) is 11.8 Å². The zero-order valence-electron chi connectivity index (χ0n) is 31.8. The molecule has 0 N–H and O–H groups in total. The predicted molar refractivity (Wildman–Crippen MR) is 219 cm³/mol. The van der Waals surface area contributed by atoms with E-state index in [1.165, 1.54) is 10.4 Å². The minimum absolute atomic E-state index is 0.00472. The molecular formula is C42H50N2O6S2Si. The number of esters is 1. The lowest BCUT2D eigenvalue weighted by Gasteiger charge is -2.42. The largest absolute Gasteiger partial charge is 0.459 e. The fraction of sp³-hybridized carbons (Fsp3) is 0.405. The molecule has 2 heterocycles. The molecule has 280 valence electrons. The molecule has 0 spiro atoms. The smallest absolute Gasteiger partial charge is 0.417 e. The number of thioether (sulfide) groups is 2. The topological polar surface area (TPSA) is 87.1 Å². The van der Waals surface area contributed by atoms with E-state index in [0.29, 0.717) is 0 Å². The van der Waals surface area contributed by atoms with E-state index in [1.54, 1.807) is 27.7 Å². The molecule has 1 saturated heterocycles. The highest BCUT2D eigenvalue weighted by Crippen LogP contribution is 2.48. The van der Waals surface area contributed by atoms with Crippen molar-refractivity contribution in [2.45, 2.75) is 76.7 Å². The first kappa shape index (κ1) is 40.2. The van der Waals surface area contributed by atoms with E-state index in [4.69, 9.17) is 13.9 Å². The average Bonchev–Trinajstić information content (AvgIpc) is 3.44. The van der Waals surface area contributed by atoms with Gasteiger partial charge >= 0.3 is 18.0 Å². The average molecular weight is 771 g/mol. The van der Waals surface area contributed by atoms with Crippen LogP contribution in [-0.4, -0.2) is 72.6 Å². The molecule has 1 fully saturated rings. The van der Waals surface area contributed by atoms with Gasteiger partial charge in [-0.15, -0.1) is 23.5 Å². The molecular weight excluding hydrogens is 721 g/mol. The van der Waals surface area contributed by atoms with Gasteiger partial charge in [-0.3, -0.25) is 4.79 Å². The van der Waals surface area contributed by atoms with Gasteiger partial charge in [0.1, 0.15) is 5.60 Å². The molecule has 0 radical (unpaired) electrons. The number of aromatic nitrogens is 1. The lowest BCUT2D eigenvalue weighted by atomic mass is 10.1. The molecule has 1 aliphatic heterocycles. The maximum atomic E-state index is 13.4. The molecule has 0 aliphatic carbocycles. The standard InChI is InChI=1S/C42H50N2O6S2Si/c1-8-48-38(46)37(45)44(40(47)50-41(2,3)4)27-26-43-34-24-16-15-23-33(34)36(39-51-29-18-30-52-39)35(43)25-17-28-49-53(42(5,6)7,31-19-11-9-12-20-31)32-21-13-10-14-22-32/h9-16,19-24,39H,8,18,26-30H2,1-7H3. The molecule has 1 aliphatic rings. The zero-order chi connectivity index (χ0) is 38.2. The lowest BCUT2D eigenvalue weighted by Crippen LogP contribution is -2.66. The van der Waals surface area contributed by atoms with E-state index >= 15 is 0 Å². The number of fused-ring (bicyclic) bond motifs is 1. The summed E-state index contributed by atoms with van der Waals surface area (Å²) in [5, 5.41) is 3.22. The van der Waals surface area contributed by atoms with Crippen LogP contribution in [0.1, 0.15) is 70.7 Å². The Hall–Kier alpha value is -3.95. The van der Waals surface area contributed by atoms with Gasteiger partial charge in [-0.2, -0.15) is 0 Å². The Balaban J connectivity index is 1.58. The Morgan fingerprint density at radius 3 is 2.02 bits per heavy atom. The van der Waals surface area contributed by atoms with Crippen LogP contribution in [0.2, 0.25) is 5.04 Å². The SMILES string of the molecule is CCOC(=O)C(=O)N(CCn1c(C#CCO[Si](c2ccccc2)(c2ccccc2)C(C)(C)C)c(C2SCCCS2)c2ccccc21)C(=O)OC(C)(C)C. The van der Waals surface area contributed by atoms with Gasteiger partial charge in [-0.1, -0.05) is 106 Å². The monoisotopic (exact) mass is 770 g/mol. The van der Waals surface area contributed by atoms with Crippen molar-refractivity contribution in [3.05, 3.63) is 96.2 Å². The van der Waals surface area contributed by atoms with Crippen LogP contribution >= 0.6 is 23.5 Å². The first-order chi connectivity index (χ1) is 25.3. The molecule has 0 saturated carbocycles. The number of ether oxygens (including phenoxy) is 2. The van der Waals surface area contributed by atoms with Gasteiger partial charge in [0.05, 0.1) is 30.0 Å². The summed E-state index contributed by atoms with van der Waals surface area (Å²) in [5.41, 5.74) is 1.97. The van der Waals surface area contributed by atoms with Crippen LogP contribution in [0.25, 0.3) is 10.9 Å². The van der Waals surface area contributed by atoms with Crippen molar-refractivity contribution in [1.82, 2.24) is 9.47 Å². The third-order valence-corrected chi connectivity index (χ3v) is 16.8. The molecule has 4 aromatic rings. The van der Waals surface area contributed by atoms with Crippen LogP contribution in [0.15, 0.2) is 84.9 Å². The summed E-state index contributed by atoms with van der Waals surface area (Å²) in [6.07, 6.45) is 0.232. The normalized spacial score (nSPS) is 13.9. The number of amides is 2. The van der Waals surface area contributed by atoms with Crippen LogP contribution in [0.3, 0.4) is 0 Å². The van der Waals surface area contributed by atoms with Crippen molar-refractivity contribution in [2.24, 2.45) is 0 Å². The zero-order valence-corrected chi connectivity index (χ0v) is 34.4. The number of carbonyl (C=O) groups is 3. The fourth-order valence-electron chi connectivity index (χ4n) is 6.71. The highest BCUT2D eigenvalue weighted by molar-refractivity contribution is 8.16. The van der Waals surface area contributed by atoms with E-state index < -0.39 is 31.9 Å². The molecule has 53 heavy (non-hydrogen) atoms. The first-order valence-electron chi connectivity index (χ1n) is 18.1. The minimum Gasteiger partial charge on any atom is -0.459 e. The molecule has 5 rings (SSSR count). The first-order valence-corrected chi connectivity index (χ1v) is 22.1. The third-order valence-electron chi connectivity index (χ3n) is 8.91. The number of benzene rings is 3. The van der Waals surface area contributed by atoms with Crippen LogP contribution in [0.5, 0.6) is 0 Å². The molecule has 11 heteroatoms.